The molecule has 0 aliphatic carbocycles. The lowest BCUT2D eigenvalue weighted by Gasteiger charge is -2.08. The highest BCUT2D eigenvalue weighted by Gasteiger charge is 2.09. The molecule has 0 N–H and O–H groups in total. The van der Waals surface area contributed by atoms with Gasteiger partial charge in [-0.2, -0.15) is 0 Å². The minimum atomic E-state index is -0.0485. The number of aryl methyl sites for hydroxylation is 1. The second-order valence-electron chi connectivity index (χ2n) is 4.76. The van der Waals surface area contributed by atoms with Crippen LogP contribution in [0.3, 0.4) is 0 Å². The lowest BCUT2D eigenvalue weighted by molar-refractivity contribution is 0.101. The highest BCUT2D eigenvalue weighted by atomic mass is 16.5. The summed E-state index contributed by atoms with van der Waals surface area (Å²) in [7, 11) is 0. The summed E-state index contributed by atoms with van der Waals surface area (Å²) in [6.45, 7) is 3.69. The number of ketones is 1. The Balaban J connectivity index is 2.12. The molecule has 0 bridgehead atoms. The van der Waals surface area contributed by atoms with Crippen LogP contribution < -0.4 is 4.74 Å². The monoisotopic (exact) mass is 269 g/mol. The zero-order chi connectivity index (χ0) is 14.4. The molecule has 104 valence electrons. The van der Waals surface area contributed by atoms with E-state index in [-0.39, 0.29) is 5.78 Å². The zero-order valence-corrected chi connectivity index (χ0v) is 11.9. The van der Waals surface area contributed by atoms with E-state index in [1.165, 1.54) is 25.3 Å². The van der Waals surface area contributed by atoms with Crippen molar-refractivity contribution in [3.05, 3.63) is 53.7 Å². The van der Waals surface area contributed by atoms with Gasteiger partial charge in [-0.15, -0.1) is 0 Å². The molecular weight excluding hydrogens is 250 g/mol. The molecule has 0 atom stereocenters. The number of rotatable bonds is 6. The van der Waals surface area contributed by atoms with Crippen LogP contribution in [0.25, 0.3) is 0 Å². The molecule has 3 heteroatoms. The van der Waals surface area contributed by atoms with Gasteiger partial charge in [0.1, 0.15) is 5.75 Å². The van der Waals surface area contributed by atoms with Crippen molar-refractivity contribution in [1.29, 1.82) is 0 Å². The number of hydrogen-bond donors (Lipinski definition) is 0. The summed E-state index contributed by atoms with van der Waals surface area (Å²) in [6, 6.07) is 11.4. The number of carbonyl (C=O) groups is 1. The number of unbranched alkanes of at least 4 members (excludes halogenated alkanes) is 1. The van der Waals surface area contributed by atoms with Crippen LogP contribution >= 0.6 is 0 Å². The van der Waals surface area contributed by atoms with E-state index < -0.39 is 0 Å². The van der Waals surface area contributed by atoms with Crippen LogP contribution in [0.15, 0.2) is 42.6 Å². The van der Waals surface area contributed by atoms with Gasteiger partial charge in [0.25, 0.3) is 0 Å². The summed E-state index contributed by atoms with van der Waals surface area (Å²) in [4.78, 5) is 15.6. The Bertz CT molecular complexity index is 576. The molecule has 3 nitrogen and oxygen atoms in total. The standard InChI is InChI=1S/C17H19NO2/c1-3-4-6-14-8-10-15(11-9-14)20-17-16(13(2)19)7-5-12-18-17/h5,7-12H,3-4,6H2,1-2H3. The van der Waals surface area contributed by atoms with Crippen molar-refractivity contribution in [1.82, 2.24) is 4.98 Å². The molecular formula is C17H19NO2. The number of pyridine rings is 1. The van der Waals surface area contributed by atoms with Gasteiger partial charge in [-0.3, -0.25) is 4.79 Å². The highest BCUT2D eigenvalue weighted by molar-refractivity contribution is 5.96. The molecule has 0 spiro atoms. The third-order valence-corrected chi connectivity index (χ3v) is 3.11. The summed E-state index contributed by atoms with van der Waals surface area (Å²) < 4.78 is 5.70. The van der Waals surface area contributed by atoms with Gasteiger partial charge < -0.3 is 4.74 Å². The van der Waals surface area contributed by atoms with Gasteiger partial charge in [0.15, 0.2) is 5.78 Å². The van der Waals surface area contributed by atoms with Gasteiger partial charge in [-0.05, 0) is 49.6 Å². The Kier molecular flexibility index (Phi) is 4.88. The third-order valence-electron chi connectivity index (χ3n) is 3.11. The Morgan fingerprint density at radius 3 is 2.60 bits per heavy atom. The predicted octanol–water partition coefficient (Wildman–Crippen LogP) is 4.42. The molecule has 0 aliphatic heterocycles. The van der Waals surface area contributed by atoms with Gasteiger partial charge in [0, 0.05) is 6.20 Å². The summed E-state index contributed by atoms with van der Waals surface area (Å²) >= 11 is 0. The number of hydrogen-bond acceptors (Lipinski definition) is 3. The topological polar surface area (TPSA) is 39.2 Å². The van der Waals surface area contributed by atoms with Gasteiger partial charge in [-0.25, -0.2) is 4.98 Å². The average molecular weight is 269 g/mol. The summed E-state index contributed by atoms with van der Waals surface area (Å²) in [6.07, 6.45) is 5.08. The first kappa shape index (κ1) is 14.3. The first-order valence-corrected chi connectivity index (χ1v) is 6.93. The van der Waals surface area contributed by atoms with Crippen LogP contribution in [0.4, 0.5) is 0 Å². The molecule has 2 aromatic rings. The van der Waals surface area contributed by atoms with Crippen molar-refractivity contribution in [3.8, 4) is 11.6 Å². The van der Waals surface area contributed by atoms with Gasteiger partial charge >= 0.3 is 0 Å². The van der Waals surface area contributed by atoms with Crippen molar-refractivity contribution < 1.29 is 9.53 Å². The van der Waals surface area contributed by atoms with Crippen molar-refractivity contribution >= 4 is 5.78 Å². The summed E-state index contributed by atoms with van der Waals surface area (Å²) in [5, 5.41) is 0. The second kappa shape index (κ2) is 6.85. The van der Waals surface area contributed by atoms with Crippen molar-refractivity contribution in [2.24, 2.45) is 0 Å². The van der Waals surface area contributed by atoms with Crippen LogP contribution in [-0.2, 0) is 6.42 Å². The lowest BCUT2D eigenvalue weighted by Crippen LogP contribution is -1.99. The van der Waals surface area contributed by atoms with E-state index in [0.717, 1.165) is 6.42 Å². The van der Waals surface area contributed by atoms with E-state index in [0.29, 0.717) is 17.2 Å². The average Bonchev–Trinajstić information content (AvgIpc) is 2.47. The lowest BCUT2D eigenvalue weighted by atomic mass is 10.1. The van der Waals surface area contributed by atoms with Crippen LogP contribution in [-0.4, -0.2) is 10.8 Å². The minimum absolute atomic E-state index is 0.0485. The smallest absolute Gasteiger partial charge is 0.230 e. The van der Waals surface area contributed by atoms with Crippen molar-refractivity contribution in [2.75, 3.05) is 0 Å². The Hall–Kier alpha value is -2.16. The maximum atomic E-state index is 11.5. The fraction of sp³-hybridized carbons (Fsp3) is 0.294. The number of aromatic nitrogens is 1. The molecule has 0 saturated heterocycles. The second-order valence-corrected chi connectivity index (χ2v) is 4.76. The van der Waals surface area contributed by atoms with E-state index in [4.69, 9.17) is 4.74 Å². The van der Waals surface area contributed by atoms with Gasteiger partial charge in [0.2, 0.25) is 5.88 Å². The SMILES string of the molecule is CCCCc1ccc(Oc2ncccc2C(C)=O)cc1. The maximum Gasteiger partial charge on any atom is 0.230 e. The fourth-order valence-electron chi connectivity index (χ4n) is 1.96. The quantitative estimate of drug-likeness (QED) is 0.729. The van der Waals surface area contributed by atoms with Crippen LogP contribution in [0, 0.1) is 0 Å². The molecule has 2 rings (SSSR count). The van der Waals surface area contributed by atoms with Gasteiger partial charge in [0.05, 0.1) is 5.56 Å². The molecule has 1 aromatic heterocycles. The Labute approximate surface area is 119 Å². The summed E-state index contributed by atoms with van der Waals surface area (Å²) in [5.74, 6) is 1.01. The normalized spacial score (nSPS) is 10.3. The number of ether oxygens (including phenoxy) is 1. The molecule has 0 aliphatic rings. The van der Waals surface area contributed by atoms with E-state index in [1.54, 1.807) is 18.3 Å². The maximum absolute atomic E-state index is 11.5. The molecule has 20 heavy (non-hydrogen) atoms. The molecule has 0 saturated carbocycles. The predicted molar refractivity (Wildman–Crippen MR) is 79.4 cm³/mol. The van der Waals surface area contributed by atoms with Crippen LogP contribution in [0.2, 0.25) is 0 Å². The summed E-state index contributed by atoms with van der Waals surface area (Å²) in [5.41, 5.74) is 1.80. The van der Waals surface area contributed by atoms with Crippen LogP contribution in [0.5, 0.6) is 11.6 Å². The minimum Gasteiger partial charge on any atom is -0.438 e. The Morgan fingerprint density at radius 1 is 1.20 bits per heavy atom. The van der Waals surface area contributed by atoms with Gasteiger partial charge in [-0.1, -0.05) is 25.5 Å². The van der Waals surface area contributed by atoms with E-state index in [2.05, 4.69) is 24.0 Å². The molecule has 1 aromatic carbocycles. The van der Waals surface area contributed by atoms with Crippen molar-refractivity contribution in [2.45, 2.75) is 33.1 Å². The third kappa shape index (κ3) is 3.67. The van der Waals surface area contributed by atoms with Crippen molar-refractivity contribution in [3.63, 3.8) is 0 Å². The zero-order valence-electron chi connectivity index (χ0n) is 11.9. The first-order chi connectivity index (χ1) is 9.70. The molecule has 1 heterocycles. The molecule has 0 radical (unpaired) electrons. The molecule has 0 unspecified atom stereocenters. The van der Waals surface area contributed by atoms with E-state index in [1.807, 2.05) is 12.1 Å². The first-order valence-electron chi connectivity index (χ1n) is 6.93. The van der Waals surface area contributed by atoms with Crippen LogP contribution in [0.1, 0.15) is 42.6 Å². The number of nitrogens with zero attached hydrogens (tertiary/aromatic N) is 1. The highest BCUT2D eigenvalue weighted by Crippen LogP contribution is 2.23. The number of Topliss-reactive ketones (excluding diaryl/α,β-unsaturated/α-hetero) is 1. The number of benzene rings is 1. The fourth-order valence-corrected chi connectivity index (χ4v) is 1.96. The van der Waals surface area contributed by atoms with E-state index in [9.17, 15) is 4.79 Å². The largest absolute Gasteiger partial charge is 0.438 e. The molecule has 0 fully saturated rings. The molecule has 0 amide bonds. The van der Waals surface area contributed by atoms with E-state index >= 15 is 0 Å². The number of carbonyl (C=O) groups excluding carboxylic acids is 1. The Morgan fingerprint density at radius 2 is 1.95 bits per heavy atom.